The summed E-state index contributed by atoms with van der Waals surface area (Å²) in [6.07, 6.45) is 0. The Morgan fingerprint density at radius 2 is 1.77 bits per heavy atom. The average Bonchev–Trinajstić information content (AvgIpc) is 3.09. The molecule has 1 N–H and O–H groups in total. The number of para-hydroxylation sites is 2. The van der Waals surface area contributed by atoms with E-state index in [0.717, 1.165) is 17.2 Å². The van der Waals surface area contributed by atoms with Gasteiger partial charge in [0, 0.05) is 11.4 Å². The van der Waals surface area contributed by atoms with Crippen molar-refractivity contribution in [2.75, 3.05) is 17.7 Å². The summed E-state index contributed by atoms with van der Waals surface area (Å²) in [6, 6.07) is 19.8. The Morgan fingerprint density at radius 1 is 1.08 bits per heavy atom. The second-order valence-electron chi connectivity index (χ2n) is 5.38. The van der Waals surface area contributed by atoms with Gasteiger partial charge in [0.2, 0.25) is 0 Å². The normalized spacial score (nSPS) is 10.5. The first kappa shape index (κ1) is 18.0. The van der Waals surface area contributed by atoms with E-state index in [0.29, 0.717) is 18.3 Å². The molecule has 0 radical (unpaired) electrons. The van der Waals surface area contributed by atoms with E-state index < -0.39 is 0 Å². The van der Waals surface area contributed by atoms with E-state index in [1.165, 1.54) is 11.8 Å². The number of hydrogen-bond acceptors (Lipinski definition) is 6. The Morgan fingerprint density at radius 3 is 2.46 bits per heavy atom. The summed E-state index contributed by atoms with van der Waals surface area (Å²) in [5, 5.41) is 12.6. The number of hydrogen-bond donors (Lipinski definition) is 1. The predicted molar refractivity (Wildman–Crippen MR) is 102 cm³/mol. The molecule has 3 aromatic rings. The summed E-state index contributed by atoms with van der Waals surface area (Å²) in [5.41, 5.74) is 1.96. The zero-order chi connectivity index (χ0) is 18.2. The first-order valence-electron chi connectivity index (χ1n) is 8.35. The van der Waals surface area contributed by atoms with Gasteiger partial charge >= 0.3 is 5.97 Å². The molecule has 134 valence electrons. The minimum atomic E-state index is -0.260. The molecule has 0 aliphatic rings. The third-order valence-electron chi connectivity index (χ3n) is 3.56. The number of anilines is 1. The molecule has 0 saturated carbocycles. The van der Waals surface area contributed by atoms with Crippen molar-refractivity contribution < 1.29 is 9.53 Å². The summed E-state index contributed by atoms with van der Waals surface area (Å²) in [4.78, 5) is 11.7. The Hall–Kier alpha value is -2.80. The highest BCUT2D eigenvalue weighted by molar-refractivity contribution is 7.99. The van der Waals surface area contributed by atoms with E-state index in [9.17, 15) is 4.79 Å². The van der Waals surface area contributed by atoms with Crippen molar-refractivity contribution in [3.63, 3.8) is 0 Å². The first-order valence-corrected chi connectivity index (χ1v) is 9.33. The van der Waals surface area contributed by atoms with Crippen LogP contribution in [0.25, 0.3) is 5.69 Å². The Balaban J connectivity index is 1.81. The molecule has 1 aromatic heterocycles. The highest BCUT2D eigenvalue weighted by atomic mass is 32.2. The van der Waals surface area contributed by atoms with Crippen LogP contribution in [0.2, 0.25) is 0 Å². The highest BCUT2D eigenvalue weighted by Gasteiger charge is 2.16. The van der Waals surface area contributed by atoms with E-state index in [4.69, 9.17) is 4.74 Å². The molecular formula is C19H20N4O2S. The van der Waals surface area contributed by atoms with Crippen LogP contribution >= 0.6 is 11.8 Å². The van der Waals surface area contributed by atoms with Crippen LogP contribution in [0, 0.1) is 0 Å². The molecule has 0 unspecified atom stereocenters. The van der Waals surface area contributed by atoms with Gasteiger partial charge in [-0.1, -0.05) is 48.2 Å². The van der Waals surface area contributed by atoms with E-state index in [-0.39, 0.29) is 11.7 Å². The molecule has 1 heterocycles. The molecule has 7 heteroatoms. The molecule has 0 aliphatic carbocycles. The summed E-state index contributed by atoms with van der Waals surface area (Å²) < 4.78 is 6.95. The second kappa shape index (κ2) is 9.05. The zero-order valence-corrected chi connectivity index (χ0v) is 15.3. The van der Waals surface area contributed by atoms with Crippen LogP contribution in [-0.4, -0.2) is 33.1 Å². The fourth-order valence-electron chi connectivity index (χ4n) is 2.41. The molecule has 0 fully saturated rings. The SMILES string of the molecule is CCOC(=O)CSc1nnc(CNc2ccccc2)n1-c1ccccc1. The van der Waals surface area contributed by atoms with Gasteiger partial charge < -0.3 is 10.1 Å². The number of carbonyl (C=O) groups is 1. The van der Waals surface area contributed by atoms with Gasteiger partial charge in [0.15, 0.2) is 11.0 Å². The van der Waals surface area contributed by atoms with Crippen LogP contribution in [0.5, 0.6) is 0 Å². The number of nitrogens with zero attached hydrogens (tertiary/aromatic N) is 3. The Bertz CT molecular complexity index is 837. The van der Waals surface area contributed by atoms with Crippen LogP contribution in [0.15, 0.2) is 65.8 Å². The minimum absolute atomic E-state index is 0.199. The van der Waals surface area contributed by atoms with Crippen molar-refractivity contribution in [2.45, 2.75) is 18.6 Å². The smallest absolute Gasteiger partial charge is 0.316 e. The largest absolute Gasteiger partial charge is 0.465 e. The lowest BCUT2D eigenvalue weighted by Gasteiger charge is -2.11. The molecule has 0 spiro atoms. The van der Waals surface area contributed by atoms with Crippen molar-refractivity contribution in [3.8, 4) is 5.69 Å². The van der Waals surface area contributed by atoms with Gasteiger partial charge in [-0.3, -0.25) is 9.36 Å². The Labute approximate surface area is 156 Å². The fraction of sp³-hybridized carbons (Fsp3) is 0.211. The average molecular weight is 368 g/mol. The van der Waals surface area contributed by atoms with Crippen LogP contribution in [0.3, 0.4) is 0 Å². The number of ether oxygens (including phenoxy) is 1. The van der Waals surface area contributed by atoms with Gasteiger partial charge in [-0.25, -0.2) is 0 Å². The molecule has 6 nitrogen and oxygen atoms in total. The third-order valence-corrected chi connectivity index (χ3v) is 4.47. The maximum atomic E-state index is 11.7. The Kier molecular flexibility index (Phi) is 6.27. The van der Waals surface area contributed by atoms with Gasteiger partial charge in [-0.15, -0.1) is 10.2 Å². The van der Waals surface area contributed by atoms with Gasteiger partial charge in [0.25, 0.3) is 0 Å². The second-order valence-corrected chi connectivity index (χ2v) is 6.33. The first-order chi connectivity index (χ1) is 12.8. The summed E-state index contributed by atoms with van der Waals surface area (Å²) in [7, 11) is 0. The number of esters is 1. The number of carbonyl (C=O) groups excluding carboxylic acids is 1. The molecule has 3 rings (SSSR count). The van der Waals surface area contributed by atoms with E-state index in [1.54, 1.807) is 6.92 Å². The summed E-state index contributed by atoms with van der Waals surface area (Å²) in [5.74, 6) is 0.709. The number of rotatable bonds is 8. The lowest BCUT2D eigenvalue weighted by atomic mass is 10.3. The fourth-order valence-corrected chi connectivity index (χ4v) is 3.18. The molecule has 0 bridgehead atoms. The lowest BCUT2D eigenvalue weighted by Crippen LogP contribution is -2.10. The standard InChI is InChI=1S/C19H20N4O2S/c1-2-25-18(24)14-26-19-22-21-17(13-20-15-9-5-3-6-10-15)23(19)16-11-7-4-8-12-16/h3-12,20H,2,13-14H2,1H3. The van der Waals surface area contributed by atoms with Crippen LogP contribution in [0.1, 0.15) is 12.7 Å². The third kappa shape index (κ3) is 4.64. The van der Waals surface area contributed by atoms with E-state index in [1.807, 2.05) is 65.2 Å². The maximum Gasteiger partial charge on any atom is 0.316 e. The van der Waals surface area contributed by atoms with Crippen LogP contribution < -0.4 is 5.32 Å². The maximum absolute atomic E-state index is 11.7. The summed E-state index contributed by atoms with van der Waals surface area (Å²) in [6.45, 7) is 2.69. The lowest BCUT2D eigenvalue weighted by molar-refractivity contribution is -0.139. The van der Waals surface area contributed by atoms with Crippen molar-refractivity contribution in [3.05, 3.63) is 66.5 Å². The number of aromatic nitrogens is 3. The predicted octanol–water partition coefficient (Wildman–Crippen LogP) is 3.53. The number of benzene rings is 2. The van der Waals surface area contributed by atoms with Gasteiger partial charge in [0.05, 0.1) is 18.9 Å². The quantitative estimate of drug-likeness (QED) is 0.484. The van der Waals surface area contributed by atoms with E-state index >= 15 is 0 Å². The van der Waals surface area contributed by atoms with Gasteiger partial charge in [0.1, 0.15) is 0 Å². The van der Waals surface area contributed by atoms with Crippen LogP contribution in [-0.2, 0) is 16.1 Å². The molecule has 26 heavy (non-hydrogen) atoms. The number of thioether (sulfide) groups is 1. The van der Waals surface area contributed by atoms with Gasteiger partial charge in [-0.2, -0.15) is 0 Å². The molecule has 0 amide bonds. The minimum Gasteiger partial charge on any atom is -0.465 e. The molecule has 0 saturated heterocycles. The molecular weight excluding hydrogens is 348 g/mol. The van der Waals surface area contributed by atoms with Crippen molar-refractivity contribution >= 4 is 23.4 Å². The van der Waals surface area contributed by atoms with Gasteiger partial charge in [-0.05, 0) is 31.2 Å². The monoisotopic (exact) mass is 368 g/mol. The molecule has 0 aliphatic heterocycles. The highest BCUT2D eigenvalue weighted by Crippen LogP contribution is 2.22. The van der Waals surface area contributed by atoms with Crippen LogP contribution in [0.4, 0.5) is 5.69 Å². The van der Waals surface area contributed by atoms with Crippen molar-refractivity contribution in [2.24, 2.45) is 0 Å². The van der Waals surface area contributed by atoms with E-state index in [2.05, 4.69) is 15.5 Å². The van der Waals surface area contributed by atoms with Crippen molar-refractivity contribution in [1.29, 1.82) is 0 Å². The topological polar surface area (TPSA) is 69.0 Å². The number of nitrogens with one attached hydrogen (secondary N) is 1. The zero-order valence-electron chi connectivity index (χ0n) is 14.5. The molecule has 0 atom stereocenters. The summed E-state index contributed by atoms with van der Waals surface area (Å²) >= 11 is 1.32. The molecule has 2 aromatic carbocycles. The van der Waals surface area contributed by atoms with Crippen molar-refractivity contribution in [1.82, 2.24) is 14.8 Å².